The molecule has 0 aromatic carbocycles. The van der Waals surface area contributed by atoms with Gasteiger partial charge in [0.05, 0.1) is 5.56 Å². The molecule has 1 aromatic rings. The fourth-order valence-corrected chi connectivity index (χ4v) is 2.06. The maximum absolute atomic E-state index is 8.69. The van der Waals surface area contributed by atoms with Crippen molar-refractivity contribution in [3.8, 4) is 6.07 Å². The van der Waals surface area contributed by atoms with Crippen LogP contribution in [0.2, 0.25) is 0 Å². The van der Waals surface area contributed by atoms with E-state index in [2.05, 4.69) is 22.9 Å². The number of nitrogens with zero attached hydrogens (tertiary/aromatic N) is 3. The van der Waals surface area contributed by atoms with Gasteiger partial charge in [0.2, 0.25) is 0 Å². The molecule has 2 N–H and O–H groups in total. The summed E-state index contributed by atoms with van der Waals surface area (Å²) < 4.78 is 0. The third-order valence-electron chi connectivity index (χ3n) is 3.17. The molecular weight excluding hydrogens is 200 g/mol. The van der Waals surface area contributed by atoms with Crippen molar-refractivity contribution < 1.29 is 0 Å². The Morgan fingerprint density at radius 3 is 2.94 bits per heavy atom. The average molecular weight is 216 g/mol. The van der Waals surface area contributed by atoms with Crippen LogP contribution in [0.25, 0.3) is 0 Å². The van der Waals surface area contributed by atoms with Crippen LogP contribution in [0.1, 0.15) is 18.9 Å². The Morgan fingerprint density at radius 1 is 1.62 bits per heavy atom. The number of anilines is 1. The molecule has 84 valence electrons. The summed E-state index contributed by atoms with van der Waals surface area (Å²) in [6.07, 6.45) is 2.74. The first-order valence-electron chi connectivity index (χ1n) is 5.57. The number of hydrogen-bond acceptors (Lipinski definition) is 4. The summed E-state index contributed by atoms with van der Waals surface area (Å²) in [6.45, 7) is 4.03. The summed E-state index contributed by atoms with van der Waals surface area (Å²) in [5.41, 5.74) is 6.50. The second kappa shape index (κ2) is 4.50. The van der Waals surface area contributed by atoms with Crippen LogP contribution in [0.4, 0.5) is 5.82 Å². The molecule has 1 aliphatic heterocycles. The van der Waals surface area contributed by atoms with Gasteiger partial charge in [-0.25, -0.2) is 4.98 Å². The molecule has 2 atom stereocenters. The summed E-state index contributed by atoms with van der Waals surface area (Å²) in [6, 6.07) is 6.02. The SMILES string of the molecule is CC(N)C1CCN(c2ccc(C#N)cn2)C1. The molecule has 1 saturated heterocycles. The number of nitriles is 1. The van der Waals surface area contributed by atoms with E-state index >= 15 is 0 Å². The highest BCUT2D eigenvalue weighted by Gasteiger charge is 2.25. The fraction of sp³-hybridized carbons (Fsp3) is 0.500. The molecule has 2 unspecified atom stereocenters. The average Bonchev–Trinajstić information content (AvgIpc) is 2.78. The Bertz CT molecular complexity index is 390. The molecule has 0 bridgehead atoms. The van der Waals surface area contributed by atoms with Crippen molar-refractivity contribution in [2.75, 3.05) is 18.0 Å². The Balaban J connectivity index is 2.06. The highest BCUT2D eigenvalue weighted by Crippen LogP contribution is 2.23. The molecule has 1 fully saturated rings. The Kier molecular flexibility index (Phi) is 3.07. The van der Waals surface area contributed by atoms with E-state index in [4.69, 9.17) is 11.0 Å². The van der Waals surface area contributed by atoms with Crippen molar-refractivity contribution in [2.45, 2.75) is 19.4 Å². The summed E-state index contributed by atoms with van der Waals surface area (Å²) in [5.74, 6) is 1.50. The molecular formula is C12H16N4. The minimum absolute atomic E-state index is 0.239. The van der Waals surface area contributed by atoms with Crippen molar-refractivity contribution >= 4 is 5.82 Å². The molecule has 16 heavy (non-hydrogen) atoms. The molecule has 4 heteroatoms. The van der Waals surface area contributed by atoms with Crippen molar-refractivity contribution in [1.29, 1.82) is 5.26 Å². The second-order valence-electron chi connectivity index (χ2n) is 4.37. The topological polar surface area (TPSA) is 65.9 Å². The van der Waals surface area contributed by atoms with Crippen LogP contribution < -0.4 is 10.6 Å². The van der Waals surface area contributed by atoms with E-state index in [1.807, 2.05) is 12.1 Å². The molecule has 0 aliphatic carbocycles. The summed E-state index contributed by atoms with van der Waals surface area (Å²) >= 11 is 0. The fourth-order valence-electron chi connectivity index (χ4n) is 2.06. The van der Waals surface area contributed by atoms with E-state index < -0.39 is 0 Å². The molecule has 4 nitrogen and oxygen atoms in total. The highest BCUT2D eigenvalue weighted by atomic mass is 15.2. The number of rotatable bonds is 2. The normalized spacial score (nSPS) is 21.8. The maximum atomic E-state index is 8.69. The van der Waals surface area contributed by atoms with Gasteiger partial charge in [0, 0.05) is 25.3 Å². The molecule has 0 spiro atoms. The molecule has 1 aromatic heterocycles. The standard InChI is InChI=1S/C12H16N4/c1-9(14)11-4-5-16(8-11)12-3-2-10(6-13)7-15-12/h2-3,7,9,11H,4-5,8,14H2,1H3. The minimum Gasteiger partial charge on any atom is -0.356 e. The Hall–Kier alpha value is -1.60. The van der Waals surface area contributed by atoms with Crippen LogP contribution in [0.5, 0.6) is 0 Å². The molecule has 0 saturated carbocycles. The van der Waals surface area contributed by atoms with Crippen molar-refractivity contribution in [1.82, 2.24) is 4.98 Å². The molecule has 2 heterocycles. The van der Waals surface area contributed by atoms with Gasteiger partial charge in [-0.2, -0.15) is 5.26 Å². The first-order valence-corrected chi connectivity index (χ1v) is 5.57. The zero-order valence-corrected chi connectivity index (χ0v) is 9.43. The van der Waals surface area contributed by atoms with Gasteiger partial charge in [-0.3, -0.25) is 0 Å². The van der Waals surface area contributed by atoms with Gasteiger partial charge in [0.1, 0.15) is 11.9 Å². The zero-order chi connectivity index (χ0) is 11.5. The van der Waals surface area contributed by atoms with Gasteiger partial charge < -0.3 is 10.6 Å². The lowest BCUT2D eigenvalue weighted by Crippen LogP contribution is -2.29. The van der Waals surface area contributed by atoms with Gasteiger partial charge in [-0.15, -0.1) is 0 Å². The smallest absolute Gasteiger partial charge is 0.128 e. The van der Waals surface area contributed by atoms with Crippen LogP contribution in [0, 0.1) is 17.2 Å². The van der Waals surface area contributed by atoms with E-state index in [-0.39, 0.29) is 6.04 Å². The molecule has 2 rings (SSSR count). The summed E-state index contributed by atoms with van der Waals surface area (Å²) in [5, 5.41) is 8.69. The van der Waals surface area contributed by atoms with Crippen LogP contribution in [-0.2, 0) is 0 Å². The Morgan fingerprint density at radius 2 is 2.44 bits per heavy atom. The molecule has 1 aliphatic rings. The number of pyridine rings is 1. The van der Waals surface area contributed by atoms with Crippen molar-refractivity contribution in [2.24, 2.45) is 11.7 Å². The van der Waals surface area contributed by atoms with E-state index in [1.165, 1.54) is 0 Å². The second-order valence-corrected chi connectivity index (χ2v) is 4.37. The third kappa shape index (κ3) is 2.15. The monoisotopic (exact) mass is 216 g/mol. The van der Waals surface area contributed by atoms with Crippen LogP contribution in [0.15, 0.2) is 18.3 Å². The van der Waals surface area contributed by atoms with Crippen molar-refractivity contribution in [3.05, 3.63) is 23.9 Å². The van der Waals surface area contributed by atoms with Gasteiger partial charge in [-0.1, -0.05) is 0 Å². The van der Waals surface area contributed by atoms with E-state index in [0.29, 0.717) is 11.5 Å². The van der Waals surface area contributed by atoms with E-state index in [0.717, 1.165) is 25.3 Å². The summed E-state index contributed by atoms with van der Waals surface area (Å²) in [7, 11) is 0. The lowest BCUT2D eigenvalue weighted by molar-refractivity contribution is 0.488. The van der Waals surface area contributed by atoms with E-state index in [1.54, 1.807) is 6.20 Å². The van der Waals surface area contributed by atoms with Crippen LogP contribution >= 0.6 is 0 Å². The van der Waals surface area contributed by atoms with Gasteiger partial charge in [0.25, 0.3) is 0 Å². The van der Waals surface area contributed by atoms with E-state index in [9.17, 15) is 0 Å². The van der Waals surface area contributed by atoms with Gasteiger partial charge in [0.15, 0.2) is 0 Å². The van der Waals surface area contributed by atoms with Gasteiger partial charge in [-0.05, 0) is 31.4 Å². The third-order valence-corrected chi connectivity index (χ3v) is 3.17. The lowest BCUT2D eigenvalue weighted by Gasteiger charge is -2.18. The molecule has 0 amide bonds. The predicted molar refractivity (Wildman–Crippen MR) is 62.9 cm³/mol. The first-order chi connectivity index (χ1) is 7.70. The van der Waals surface area contributed by atoms with Gasteiger partial charge >= 0.3 is 0 Å². The highest BCUT2D eigenvalue weighted by molar-refractivity contribution is 5.42. The zero-order valence-electron chi connectivity index (χ0n) is 9.43. The largest absolute Gasteiger partial charge is 0.356 e. The Labute approximate surface area is 95.7 Å². The predicted octanol–water partition coefficient (Wildman–Crippen LogP) is 1.13. The lowest BCUT2D eigenvalue weighted by atomic mass is 10.0. The number of nitrogens with two attached hydrogens (primary N) is 1. The molecule has 0 radical (unpaired) electrons. The quantitative estimate of drug-likeness (QED) is 0.804. The van der Waals surface area contributed by atoms with Crippen LogP contribution in [0.3, 0.4) is 0 Å². The maximum Gasteiger partial charge on any atom is 0.128 e. The van der Waals surface area contributed by atoms with Crippen LogP contribution in [-0.4, -0.2) is 24.1 Å². The number of hydrogen-bond donors (Lipinski definition) is 1. The number of aromatic nitrogens is 1. The summed E-state index contributed by atoms with van der Waals surface area (Å²) in [4.78, 5) is 6.52. The van der Waals surface area contributed by atoms with Crippen molar-refractivity contribution in [3.63, 3.8) is 0 Å². The first kappa shape index (κ1) is 10.9. The minimum atomic E-state index is 0.239.